The van der Waals surface area contributed by atoms with Crippen LogP contribution in [0, 0.1) is 31.6 Å². The van der Waals surface area contributed by atoms with Crippen molar-refractivity contribution < 1.29 is 0 Å². The molecular formula is C49H60N2S. The van der Waals surface area contributed by atoms with Crippen molar-refractivity contribution in [2.45, 2.75) is 99.5 Å². The summed E-state index contributed by atoms with van der Waals surface area (Å²) in [6.07, 6.45) is 23.5. The van der Waals surface area contributed by atoms with E-state index < -0.39 is 0 Å². The number of anilines is 1. The first-order valence-corrected chi connectivity index (χ1v) is 20.5. The molecule has 52 heavy (non-hydrogen) atoms. The zero-order chi connectivity index (χ0) is 36.9. The summed E-state index contributed by atoms with van der Waals surface area (Å²) in [6, 6.07) is 20.8. The second kappa shape index (κ2) is 16.7. The molecule has 3 unspecified atom stereocenters. The zero-order valence-electron chi connectivity index (χ0n) is 33.1. The van der Waals surface area contributed by atoms with Gasteiger partial charge in [0.05, 0.1) is 0 Å². The van der Waals surface area contributed by atoms with Crippen LogP contribution in [0.5, 0.6) is 0 Å². The monoisotopic (exact) mass is 708 g/mol. The van der Waals surface area contributed by atoms with E-state index in [2.05, 4.69) is 169 Å². The Morgan fingerprint density at radius 2 is 1.67 bits per heavy atom. The number of aryl methyl sites for hydroxylation is 3. The lowest BCUT2D eigenvalue weighted by atomic mass is 9.70. The van der Waals surface area contributed by atoms with Gasteiger partial charge in [0.2, 0.25) is 0 Å². The second-order valence-electron chi connectivity index (χ2n) is 15.8. The topological polar surface area (TPSA) is 15.3 Å². The maximum atomic E-state index is 3.26. The van der Waals surface area contributed by atoms with Crippen LogP contribution in [0.2, 0.25) is 0 Å². The van der Waals surface area contributed by atoms with Crippen molar-refractivity contribution in [3.63, 3.8) is 0 Å². The summed E-state index contributed by atoms with van der Waals surface area (Å²) in [7, 11) is 1.98. The second-order valence-corrected chi connectivity index (χ2v) is 16.8. The quantitative estimate of drug-likeness (QED) is 0.147. The van der Waals surface area contributed by atoms with E-state index in [1.54, 1.807) is 5.57 Å². The highest BCUT2D eigenvalue weighted by atomic mass is 32.1. The molecule has 4 aromatic rings. The van der Waals surface area contributed by atoms with Crippen LogP contribution in [0.4, 0.5) is 5.69 Å². The van der Waals surface area contributed by atoms with Gasteiger partial charge in [0, 0.05) is 46.3 Å². The number of fused-ring (bicyclic) bond motifs is 4. The highest BCUT2D eigenvalue weighted by molar-refractivity contribution is 7.17. The fraction of sp³-hybridized carbons (Fsp3) is 0.388. The van der Waals surface area contributed by atoms with Gasteiger partial charge < -0.3 is 10.2 Å². The number of thiophene rings is 1. The van der Waals surface area contributed by atoms with Crippen LogP contribution in [-0.4, -0.2) is 7.05 Å². The molecule has 2 aliphatic carbocycles. The van der Waals surface area contributed by atoms with Crippen molar-refractivity contribution in [3.8, 4) is 0 Å². The predicted molar refractivity (Wildman–Crippen MR) is 230 cm³/mol. The first-order chi connectivity index (χ1) is 25.1. The first kappa shape index (κ1) is 37.7. The van der Waals surface area contributed by atoms with Crippen LogP contribution < -0.4 is 20.0 Å². The van der Waals surface area contributed by atoms with E-state index in [1.165, 1.54) is 70.9 Å². The largest absolute Gasteiger partial charge is 0.393 e. The fourth-order valence-corrected chi connectivity index (χ4v) is 10.3. The molecule has 1 N–H and O–H groups in total. The van der Waals surface area contributed by atoms with Crippen LogP contribution in [0.1, 0.15) is 106 Å². The highest BCUT2D eigenvalue weighted by Gasteiger charge is 2.32. The molecule has 0 saturated carbocycles. The highest BCUT2D eigenvalue weighted by Crippen LogP contribution is 2.42. The molecule has 0 amide bonds. The maximum absolute atomic E-state index is 3.26. The number of rotatable bonds is 12. The third-order valence-corrected chi connectivity index (χ3v) is 12.7. The van der Waals surface area contributed by atoms with Gasteiger partial charge in [-0.1, -0.05) is 118 Å². The summed E-state index contributed by atoms with van der Waals surface area (Å²) in [4.78, 5) is 2.48. The van der Waals surface area contributed by atoms with Crippen molar-refractivity contribution in [2.24, 2.45) is 17.8 Å². The summed E-state index contributed by atoms with van der Waals surface area (Å²) in [6.45, 7) is 19.2. The lowest BCUT2D eigenvalue weighted by Crippen LogP contribution is -2.34. The molecule has 0 bridgehead atoms. The van der Waals surface area contributed by atoms with Crippen molar-refractivity contribution >= 4 is 38.8 Å². The number of nitrogens with zero attached hydrogens (tertiary/aromatic N) is 1. The summed E-state index contributed by atoms with van der Waals surface area (Å²) in [5, 5.41) is 6.17. The van der Waals surface area contributed by atoms with Crippen molar-refractivity contribution in [1.82, 2.24) is 5.32 Å². The Bertz CT molecular complexity index is 2110. The summed E-state index contributed by atoms with van der Waals surface area (Å²) >= 11 is 2.02. The minimum absolute atomic E-state index is 0.438. The number of para-hydroxylation sites is 1. The Balaban J connectivity index is 1.28. The van der Waals surface area contributed by atoms with E-state index in [-0.39, 0.29) is 0 Å². The average molecular weight is 709 g/mol. The minimum atomic E-state index is 0.438. The molecule has 3 atom stereocenters. The normalized spacial score (nSPS) is 20.5. The van der Waals surface area contributed by atoms with Gasteiger partial charge >= 0.3 is 0 Å². The summed E-state index contributed by atoms with van der Waals surface area (Å²) < 4.78 is 2.96. The van der Waals surface area contributed by atoms with E-state index in [1.807, 2.05) is 18.4 Å². The molecule has 3 aromatic carbocycles. The molecule has 0 saturated heterocycles. The number of hydrogen-bond acceptors (Lipinski definition) is 3. The molecule has 1 aromatic heterocycles. The predicted octanol–water partition coefficient (Wildman–Crippen LogP) is 11.8. The third kappa shape index (κ3) is 7.81. The Morgan fingerprint density at radius 1 is 0.942 bits per heavy atom. The number of nitrogens with one attached hydrogen (secondary N) is 1. The minimum Gasteiger partial charge on any atom is -0.393 e. The molecule has 0 spiro atoms. The average Bonchev–Trinajstić information content (AvgIpc) is 3.49. The van der Waals surface area contributed by atoms with Crippen molar-refractivity contribution in [3.05, 3.63) is 146 Å². The van der Waals surface area contributed by atoms with Crippen LogP contribution in [0.15, 0.2) is 103 Å². The van der Waals surface area contributed by atoms with Gasteiger partial charge in [-0.05, 0) is 133 Å². The fourth-order valence-electron chi connectivity index (χ4n) is 8.85. The van der Waals surface area contributed by atoms with Gasteiger partial charge in [-0.3, -0.25) is 0 Å². The summed E-state index contributed by atoms with van der Waals surface area (Å²) in [5.41, 5.74) is 12.8. The van der Waals surface area contributed by atoms with Gasteiger partial charge in [0.25, 0.3) is 0 Å². The van der Waals surface area contributed by atoms with E-state index >= 15 is 0 Å². The van der Waals surface area contributed by atoms with Crippen LogP contribution in [0.25, 0.3) is 21.7 Å². The molecule has 2 nitrogen and oxygen atoms in total. The van der Waals surface area contributed by atoms with Gasteiger partial charge in [0.15, 0.2) is 0 Å². The maximum Gasteiger partial charge on any atom is 0.0480 e. The van der Waals surface area contributed by atoms with Gasteiger partial charge in [0.1, 0.15) is 0 Å². The summed E-state index contributed by atoms with van der Waals surface area (Å²) in [5.74, 6) is 2.32. The van der Waals surface area contributed by atoms with Crippen LogP contribution in [0.3, 0.4) is 0 Å². The smallest absolute Gasteiger partial charge is 0.0480 e. The number of allylic oxidation sites excluding steroid dienone is 6. The lowest BCUT2D eigenvalue weighted by molar-refractivity contribution is 0.359. The van der Waals surface area contributed by atoms with Crippen molar-refractivity contribution in [1.29, 1.82) is 0 Å². The third-order valence-electron chi connectivity index (χ3n) is 11.3. The van der Waals surface area contributed by atoms with E-state index in [0.717, 1.165) is 25.8 Å². The van der Waals surface area contributed by atoms with Crippen molar-refractivity contribution in [2.75, 3.05) is 11.9 Å². The SMILES string of the molecule is CC=CC1C(CCCc2ccccc2CN(/C=C\NC)c2c(C(C)C)cccc2C(C)C)/C=C\C=C(/C)C2=c3sc4c(C)cc(C)cc4c3=CCC21. The van der Waals surface area contributed by atoms with E-state index in [4.69, 9.17) is 0 Å². The Labute approximate surface area is 318 Å². The molecule has 2 aliphatic rings. The van der Waals surface area contributed by atoms with E-state index in [9.17, 15) is 0 Å². The van der Waals surface area contributed by atoms with Gasteiger partial charge in [-0.2, -0.15) is 0 Å². The van der Waals surface area contributed by atoms with Crippen LogP contribution >= 0.6 is 11.3 Å². The van der Waals surface area contributed by atoms with E-state index in [0.29, 0.717) is 29.6 Å². The molecule has 272 valence electrons. The molecule has 0 radical (unpaired) electrons. The molecule has 1 heterocycles. The Hall–Kier alpha value is -4.08. The Morgan fingerprint density at radius 3 is 2.37 bits per heavy atom. The molecule has 0 aliphatic heterocycles. The van der Waals surface area contributed by atoms with Gasteiger partial charge in [-0.15, -0.1) is 11.3 Å². The standard InChI is InChI=1S/C49H60N2S/c1-10-16-42-38(21-13-17-35(7)46-43(42)25-26-44-45-30-34(6)29-36(8)48(45)52-49(44)46)22-14-20-37-18-11-12-19-39(37)31-51(28-27-50-9)47-40(32(2)3)23-15-24-41(47)33(4)5/h10-13,15-19,21,23-24,26-30,32-33,38,42-43,50H,14,20,22,25,31H2,1-9H3/b16-10?,21-13-,28-27-,35-17+. The number of benzene rings is 3. The van der Waals surface area contributed by atoms with Crippen LogP contribution in [-0.2, 0) is 13.0 Å². The Kier molecular flexibility index (Phi) is 12.1. The number of hydrogen-bond donors (Lipinski definition) is 1. The zero-order valence-corrected chi connectivity index (χ0v) is 33.9. The molecule has 0 fully saturated rings. The van der Waals surface area contributed by atoms with Gasteiger partial charge in [-0.25, -0.2) is 0 Å². The first-order valence-electron chi connectivity index (χ1n) is 19.6. The molecular weight excluding hydrogens is 649 g/mol. The molecule has 3 heteroatoms. The molecule has 6 rings (SSSR count). The lowest BCUT2D eigenvalue weighted by Gasteiger charge is -2.34.